The van der Waals surface area contributed by atoms with Crippen molar-refractivity contribution in [3.63, 3.8) is 0 Å². The van der Waals surface area contributed by atoms with E-state index in [0.717, 1.165) is 30.9 Å². The van der Waals surface area contributed by atoms with Gasteiger partial charge >= 0.3 is 0 Å². The maximum Gasteiger partial charge on any atom is 0.230 e. The number of amides is 2. The van der Waals surface area contributed by atoms with Crippen LogP contribution in [0.2, 0.25) is 0 Å². The van der Waals surface area contributed by atoms with E-state index >= 15 is 0 Å². The summed E-state index contributed by atoms with van der Waals surface area (Å²) in [4.78, 5) is 33.0. The summed E-state index contributed by atoms with van der Waals surface area (Å²) in [5.41, 5.74) is 0.329. The summed E-state index contributed by atoms with van der Waals surface area (Å²) in [6.45, 7) is 8.62. The molecule has 2 bridgehead atoms. The highest BCUT2D eigenvalue weighted by Gasteiger charge is 2.67. The molecule has 1 spiro atoms. The van der Waals surface area contributed by atoms with Gasteiger partial charge in [-0.1, -0.05) is 30.4 Å². The molecule has 1 aromatic rings. The third-order valence-corrected chi connectivity index (χ3v) is 7.04. The van der Waals surface area contributed by atoms with E-state index in [1.165, 1.54) is 0 Å². The van der Waals surface area contributed by atoms with Gasteiger partial charge in [-0.2, -0.15) is 0 Å². The molecule has 0 unspecified atom stereocenters. The van der Waals surface area contributed by atoms with Gasteiger partial charge in [-0.3, -0.25) is 14.5 Å². The predicted molar refractivity (Wildman–Crippen MR) is 115 cm³/mol. The number of nitrogens with zero attached hydrogens (tertiary/aromatic N) is 3. The Balaban J connectivity index is 1.32. The van der Waals surface area contributed by atoms with E-state index in [1.54, 1.807) is 7.11 Å². The number of piperazine rings is 1. The standard InChI is InChI=1S/C24H29N3O4/c1-3-9-25-10-12-26(13-11-25)22(28)20-19-7-8-24(31-19)16-27(23(29)21(20)24)15-17-5-4-6-18(14-17)30-2/h3-8,14,19-21H,1,9-13,15-16H2,2H3/t19-,20-,21-,24-/m0/s1. The van der Waals surface area contributed by atoms with Gasteiger partial charge in [-0.25, -0.2) is 0 Å². The van der Waals surface area contributed by atoms with Gasteiger partial charge < -0.3 is 19.3 Å². The van der Waals surface area contributed by atoms with Crippen molar-refractivity contribution < 1.29 is 19.1 Å². The number of methoxy groups -OCH3 is 1. The van der Waals surface area contributed by atoms with Gasteiger partial charge in [0.05, 0.1) is 31.6 Å². The first kappa shape index (κ1) is 20.3. The summed E-state index contributed by atoms with van der Waals surface area (Å²) >= 11 is 0. The van der Waals surface area contributed by atoms with Gasteiger partial charge in [-0.05, 0) is 17.7 Å². The number of likely N-dealkylation sites (tertiary alicyclic amines) is 1. The molecule has 0 aliphatic carbocycles. The number of fused-ring (bicyclic) bond motifs is 1. The number of carbonyl (C=O) groups excluding carboxylic acids is 2. The van der Waals surface area contributed by atoms with Crippen LogP contribution in [-0.2, 0) is 20.9 Å². The molecule has 1 aromatic carbocycles. The predicted octanol–water partition coefficient (Wildman–Crippen LogP) is 1.31. The van der Waals surface area contributed by atoms with Gasteiger partial charge in [-0.15, -0.1) is 6.58 Å². The number of ether oxygens (including phenoxy) is 2. The zero-order valence-electron chi connectivity index (χ0n) is 17.9. The quantitative estimate of drug-likeness (QED) is 0.646. The van der Waals surface area contributed by atoms with Crippen LogP contribution in [0.25, 0.3) is 0 Å². The highest BCUT2D eigenvalue weighted by Crippen LogP contribution is 2.52. The van der Waals surface area contributed by atoms with E-state index in [1.807, 2.05) is 52.3 Å². The van der Waals surface area contributed by atoms with E-state index < -0.39 is 17.4 Å². The van der Waals surface area contributed by atoms with Crippen molar-refractivity contribution >= 4 is 11.8 Å². The SMILES string of the molecule is C=CCN1CCN(C(=O)[C@H]2[C@@H]3C=C[C@@]4(CN(Cc5cccc(OC)c5)C(=O)[C@H]24)O3)CC1. The lowest BCUT2D eigenvalue weighted by Gasteiger charge is -2.37. The second kappa shape index (κ2) is 7.80. The molecule has 2 amide bonds. The van der Waals surface area contributed by atoms with Gasteiger partial charge in [0.25, 0.3) is 0 Å². The highest BCUT2D eigenvalue weighted by molar-refractivity contribution is 5.93. The minimum absolute atomic E-state index is 0.0123. The van der Waals surface area contributed by atoms with Crippen LogP contribution in [0.5, 0.6) is 5.75 Å². The molecule has 4 aliphatic heterocycles. The number of hydrogen-bond donors (Lipinski definition) is 0. The average Bonchev–Trinajstić information content (AvgIpc) is 3.42. The second-order valence-corrected chi connectivity index (χ2v) is 8.86. The minimum atomic E-state index is -0.675. The monoisotopic (exact) mass is 423 g/mol. The molecule has 4 aliphatic rings. The van der Waals surface area contributed by atoms with Gasteiger partial charge in [0.2, 0.25) is 11.8 Å². The average molecular weight is 424 g/mol. The molecular weight excluding hydrogens is 394 g/mol. The Bertz CT molecular complexity index is 923. The van der Waals surface area contributed by atoms with Crippen molar-refractivity contribution in [1.82, 2.24) is 14.7 Å². The van der Waals surface area contributed by atoms with Crippen LogP contribution in [0.3, 0.4) is 0 Å². The molecule has 5 rings (SSSR count). The molecule has 3 fully saturated rings. The van der Waals surface area contributed by atoms with Crippen LogP contribution in [0, 0.1) is 11.8 Å². The van der Waals surface area contributed by atoms with Crippen molar-refractivity contribution in [3.8, 4) is 5.75 Å². The molecule has 4 atom stereocenters. The minimum Gasteiger partial charge on any atom is -0.497 e. The normalized spacial score (nSPS) is 31.9. The third-order valence-electron chi connectivity index (χ3n) is 7.04. The molecule has 0 radical (unpaired) electrons. The lowest BCUT2D eigenvalue weighted by Crippen LogP contribution is -2.53. The van der Waals surface area contributed by atoms with Crippen LogP contribution >= 0.6 is 0 Å². The second-order valence-electron chi connectivity index (χ2n) is 8.86. The zero-order valence-corrected chi connectivity index (χ0v) is 17.9. The third kappa shape index (κ3) is 3.36. The maximum atomic E-state index is 13.5. The largest absolute Gasteiger partial charge is 0.497 e. The van der Waals surface area contributed by atoms with E-state index in [9.17, 15) is 9.59 Å². The molecule has 164 valence electrons. The number of carbonyl (C=O) groups is 2. The van der Waals surface area contributed by atoms with Crippen LogP contribution in [-0.4, -0.2) is 84.6 Å². The summed E-state index contributed by atoms with van der Waals surface area (Å²) < 4.78 is 11.6. The first-order valence-electron chi connectivity index (χ1n) is 11.0. The zero-order chi connectivity index (χ0) is 21.6. The molecule has 7 nitrogen and oxygen atoms in total. The van der Waals surface area contributed by atoms with Crippen molar-refractivity contribution in [2.24, 2.45) is 11.8 Å². The number of hydrogen-bond acceptors (Lipinski definition) is 5. The van der Waals surface area contributed by atoms with Crippen molar-refractivity contribution in [3.05, 3.63) is 54.6 Å². The fourth-order valence-electron chi connectivity index (χ4n) is 5.53. The lowest BCUT2D eigenvalue weighted by atomic mass is 9.76. The summed E-state index contributed by atoms with van der Waals surface area (Å²) in [7, 11) is 1.63. The van der Waals surface area contributed by atoms with Gasteiger partial charge in [0, 0.05) is 39.3 Å². The highest BCUT2D eigenvalue weighted by atomic mass is 16.5. The van der Waals surface area contributed by atoms with Crippen LogP contribution in [0.1, 0.15) is 5.56 Å². The summed E-state index contributed by atoms with van der Waals surface area (Å²) in [6, 6.07) is 7.74. The molecule has 0 N–H and O–H groups in total. The fourth-order valence-corrected chi connectivity index (χ4v) is 5.53. The van der Waals surface area contributed by atoms with E-state index in [0.29, 0.717) is 26.2 Å². The van der Waals surface area contributed by atoms with Crippen LogP contribution < -0.4 is 4.74 Å². The van der Waals surface area contributed by atoms with Crippen LogP contribution in [0.4, 0.5) is 0 Å². The van der Waals surface area contributed by atoms with E-state index in [4.69, 9.17) is 9.47 Å². The molecule has 0 saturated carbocycles. The molecule has 3 saturated heterocycles. The van der Waals surface area contributed by atoms with E-state index in [-0.39, 0.29) is 17.9 Å². The molecule has 4 heterocycles. The summed E-state index contributed by atoms with van der Waals surface area (Å²) in [5.74, 6) is -0.0387. The van der Waals surface area contributed by atoms with Crippen molar-refractivity contribution in [2.75, 3.05) is 46.4 Å². The maximum absolute atomic E-state index is 13.5. The molecular formula is C24H29N3O4. The number of benzene rings is 1. The Hall–Kier alpha value is -2.64. The van der Waals surface area contributed by atoms with Gasteiger partial charge in [0.15, 0.2) is 0 Å². The summed E-state index contributed by atoms with van der Waals surface area (Å²) in [6.07, 6.45) is 5.59. The Morgan fingerprint density at radius 3 is 2.87 bits per heavy atom. The first-order valence-corrected chi connectivity index (χ1v) is 11.0. The van der Waals surface area contributed by atoms with Crippen LogP contribution in [0.15, 0.2) is 49.1 Å². The molecule has 7 heteroatoms. The lowest BCUT2D eigenvalue weighted by molar-refractivity contribution is -0.144. The summed E-state index contributed by atoms with van der Waals surface area (Å²) in [5, 5.41) is 0. The number of rotatable bonds is 6. The molecule has 31 heavy (non-hydrogen) atoms. The Morgan fingerprint density at radius 1 is 1.32 bits per heavy atom. The van der Waals surface area contributed by atoms with Gasteiger partial charge in [0.1, 0.15) is 11.4 Å². The Kier molecular flexibility index (Phi) is 5.10. The van der Waals surface area contributed by atoms with Crippen molar-refractivity contribution in [2.45, 2.75) is 18.2 Å². The topological polar surface area (TPSA) is 62.3 Å². The van der Waals surface area contributed by atoms with Crippen molar-refractivity contribution in [1.29, 1.82) is 0 Å². The first-order chi connectivity index (χ1) is 15.0. The molecule has 0 aromatic heterocycles. The Labute approximate surface area is 182 Å². The fraction of sp³-hybridized carbons (Fsp3) is 0.500. The van der Waals surface area contributed by atoms with E-state index in [2.05, 4.69) is 11.5 Å². The smallest absolute Gasteiger partial charge is 0.230 e. The Morgan fingerprint density at radius 2 is 2.13 bits per heavy atom.